The number of aromatic nitrogens is 3. The Kier molecular flexibility index (Phi) is 7.55. The van der Waals surface area contributed by atoms with Crippen LogP contribution < -0.4 is 0 Å². The Morgan fingerprint density at radius 3 is 1.90 bits per heavy atom. The Bertz CT molecular complexity index is 1830. The van der Waals surface area contributed by atoms with E-state index in [0.29, 0.717) is 24.2 Å². The van der Waals surface area contributed by atoms with Crippen molar-refractivity contribution in [3.63, 3.8) is 0 Å². The molecule has 39 heavy (non-hydrogen) atoms. The lowest BCUT2D eigenvalue weighted by molar-refractivity contribution is 0.100. The van der Waals surface area contributed by atoms with Crippen molar-refractivity contribution in [1.82, 2.24) is 14.1 Å². The summed E-state index contributed by atoms with van der Waals surface area (Å²) in [5.41, 5.74) is 5.72. The molecule has 3 aromatic heterocycles. The zero-order valence-corrected chi connectivity index (χ0v) is 22.6. The van der Waals surface area contributed by atoms with Gasteiger partial charge >= 0.3 is 0 Å². The number of carbonyl (C=O) groups is 2. The highest BCUT2D eigenvalue weighted by atomic mass is 19.1. The summed E-state index contributed by atoms with van der Waals surface area (Å²) in [6, 6.07) is 24.0. The number of aryl methyl sites for hydroxylation is 2. The first-order valence-electron chi connectivity index (χ1n) is 13.4. The summed E-state index contributed by atoms with van der Waals surface area (Å²) in [6.07, 6.45) is 3.40. The molecule has 0 atom stereocenters. The smallest absolute Gasteiger partial charge is 0.178 e. The Morgan fingerprint density at radius 1 is 0.718 bits per heavy atom. The highest BCUT2D eigenvalue weighted by Crippen LogP contribution is 2.31. The number of hydrogen-bond acceptors (Lipinski definition) is 3. The predicted molar refractivity (Wildman–Crippen MR) is 158 cm³/mol. The summed E-state index contributed by atoms with van der Waals surface area (Å²) in [7, 11) is 0. The largest absolute Gasteiger partial charge is 0.340 e. The Labute approximate surface area is 226 Å². The quantitative estimate of drug-likeness (QED) is 0.199. The minimum absolute atomic E-state index is 0.00854. The lowest BCUT2D eigenvalue weighted by Gasteiger charge is -2.05. The van der Waals surface area contributed by atoms with Crippen molar-refractivity contribution in [3.05, 3.63) is 90.3 Å². The lowest BCUT2D eigenvalue weighted by atomic mass is 10.1. The summed E-state index contributed by atoms with van der Waals surface area (Å²) in [5, 5.41) is 4.48. The molecule has 5 nitrogen and oxygen atoms in total. The molecule has 0 unspecified atom stereocenters. The lowest BCUT2D eigenvalue weighted by Crippen LogP contribution is -1.98. The summed E-state index contributed by atoms with van der Waals surface area (Å²) in [5.74, 6) is 0.0710. The van der Waals surface area contributed by atoms with Crippen molar-refractivity contribution < 1.29 is 14.0 Å². The van der Waals surface area contributed by atoms with Crippen LogP contribution in [0.4, 0.5) is 4.39 Å². The Morgan fingerprint density at radius 2 is 1.31 bits per heavy atom. The fraction of sp³-hybridized carbons (Fsp3) is 0.242. The molecule has 0 N–H and O–H groups in total. The highest BCUT2D eigenvalue weighted by Gasteiger charge is 2.13. The molecule has 0 aliphatic heterocycles. The fourth-order valence-corrected chi connectivity index (χ4v) is 5.33. The average molecular weight is 522 g/mol. The van der Waals surface area contributed by atoms with Crippen molar-refractivity contribution in [3.8, 4) is 0 Å². The van der Waals surface area contributed by atoms with Crippen molar-refractivity contribution >= 4 is 55.2 Å². The maximum atomic E-state index is 12.5. The minimum atomic E-state index is -0.320. The Hall–Kier alpha value is -4.32. The number of carbonyl (C=O) groups excluding carboxylic acids is 2. The van der Waals surface area contributed by atoms with Gasteiger partial charge < -0.3 is 9.13 Å². The standard InChI is InChI=1S/C17H16FNO.C16H16N2O/c1-12(20)13-7-8-17-15(11-13)14-5-2-3-6-16(14)19(17)10-4-9-18;1-3-8-18-15-7-5-4-6-12(15)13-9-14(11(2)19)17-10-16(13)18/h2-3,5-8,11H,4,9-10H2,1H3;4-7,9-10H,3,8H2,1-2H3. The van der Waals surface area contributed by atoms with E-state index in [0.717, 1.165) is 45.7 Å². The van der Waals surface area contributed by atoms with Crippen molar-refractivity contribution in [2.24, 2.45) is 0 Å². The van der Waals surface area contributed by atoms with Crippen LogP contribution in [-0.4, -0.2) is 32.4 Å². The van der Waals surface area contributed by atoms with Crippen LogP contribution in [0.3, 0.4) is 0 Å². The van der Waals surface area contributed by atoms with Crippen molar-refractivity contribution in [2.75, 3.05) is 6.67 Å². The maximum Gasteiger partial charge on any atom is 0.178 e. The SMILES string of the molecule is CC(=O)c1ccc2c(c1)c1ccccc1n2CCCF.CCCn1c2ccccc2c2cc(C(C)=O)ncc21. The van der Waals surface area contributed by atoms with Crippen molar-refractivity contribution in [1.29, 1.82) is 0 Å². The van der Waals surface area contributed by atoms with Crippen molar-refractivity contribution in [2.45, 2.75) is 46.7 Å². The monoisotopic (exact) mass is 521 g/mol. The highest BCUT2D eigenvalue weighted by molar-refractivity contribution is 6.11. The zero-order valence-electron chi connectivity index (χ0n) is 22.6. The second kappa shape index (κ2) is 11.2. The van der Waals surface area contributed by atoms with Gasteiger partial charge in [0.05, 0.1) is 18.4 Å². The number of alkyl halides is 1. The molecule has 0 bridgehead atoms. The molecule has 6 heteroatoms. The molecule has 0 spiro atoms. The molecule has 6 aromatic rings. The molecule has 3 aromatic carbocycles. The molecule has 0 amide bonds. The molecule has 198 valence electrons. The third-order valence-electron chi connectivity index (χ3n) is 7.16. The molecule has 0 aliphatic rings. The third-order valence-corrected chi connectivity index (χ3v) is 7.16. The van der Waals surface area contributed by atoms with Gasteiger partial charge in [0.2, 0.25) is 0 Å². The molecule has 0 saturated heterocycles. The second-order valence-corrected chi connectivity index (χ2v) is 9.81. The van der Waals surface area contributed by atoms with Crippen LogP contribution in [0.15, 0.2) is 79.0 Å². The normalized spacial score (nSPS) is 11.3. The number of ketones is 2. The number of pyridine rings is 1. The number of benzene rings is 3. The van der Waals surface area contributed by atoms with Gasteiger partial charge in [0, 0.05) is 63.7 Å². The van der Waals surface area contributed by atoms with Gasteiger partial charge in [-0.2, -0.15) is 0 Å². The van der Waals surface area contributed by atoms with E-state index in [-0.39, 0.29) is 18.2 Å². The number of rotatable bonds is 7. The number of fused-ring (bicyclic) bond motifs is 6. The minimum Gasteiger partial charge on any atom is -0.340 e. The number of hydrogen-bond donors (Lipinski definition) is 0. The molecule has 0 aliphatic carbocycles. The second-order valence-electron chi connectivity index (χ2n) is 9.81. The van der Waals surface area contributed by atoms with E-state index in [2.05, 4.69) is 33.2 Å². The molecule has 3 heterocycles. The van der Waals surface area contributed by atoms with Gasteiger partial charge in [-0.1, -0.05) is 43.3 Å². The van der Waals surface area contributed by atoms with E-state index in [1.807, 2.05) is 66.9 Å². The number of para-hydroxylation sites is 2. The predicted octanol–water partition coefficient (Wildman–Crippen LogP) is 8.16. The topological polar surface area (TPSA) is 56.9 Å². The van der Waals surface area contributed by atoms with E-state index in [4.69, 9.17) is 0 Å². The van der Waals surface area contributed by atoms with Crippen LogP contribution in [0.25, 0.3) is 43.6 Å². The van der Waals surface area contributed by atoms with Crippen LogP contribution in [0.2, 0.25) is 0 Å². The molecule has 6 rings (SSSR count). The van der Waals surface area contributed by atoms with Gasteiger partial charge in [-0.15, -0.1) is 0 Å². The number of Topliss-reactive ketones (excluding diaryl/α,β-unsaturated/α-hetero) is 2. The van der Waals surface area contributed by atoms with E-state index in [1.54, 1.807) is 13.8 Å². The molecule has 0 fully saturated rings. The van der Waals surface area contributed by atoms with Crippen LogP contribution in [-0.2, 0) is 13.1 Å². The third kappa shape index (κ3) is 4.94. The number of nitrogens with zero attached hydrogens (tertiary/aromatic N) is 3. The van der Waals surface area contributed by atoms with Gasteiger partial charge in [0.25, 0.3) is 0 Å². The van der Waals surface area contributed by atoms with Gasteiger partial charge in [0.1, 0.15) is 5.69 Å². The maximum absolute atomic E-state index is 12.5. The van der Waals surface area contributed by atoms with Crippen LogP contribution in [0, 0.1) is 0 Å². The molecular weight excluding hydrogens is 489 g/mol. The van der Waals surface area contributed by atoms with Gasteiger partial charge in [-0.3, -0.25) is 19.0 Å². The van der Waals surface area contributed by atoms with E-state index >= 15 is 0 Å². The number of halogens is 1. The van der Waals surface area contributed by atoms with E-state index < -0.39 is 0 Å². The summed E-state index contributed by atoms with van der Waals surface area (Å²) in [6.45, 7) is 6.59. The molecule has 0 saturated carbocycles. The molecule has 0 radical (unpaired) electrons. The van der Waals surface area contributed by atoms with Gasteiger partial charge in [0.15, 0.2) is 11.6 Å². The molecular formula is C33H32FN3O2. The zero-order chi connectivity index (χ0) is 27.5. The first-order chi connectivity index (χ1) is 18.9. The summed E-state index contributed by atoms with van der Waals surface area (Å²) in [4.78, 5) is 27.3. The van der Waals surface area contributed by atoms with Crippen LogP contribution in [0.1, 0.15) is 54.5 Å². The first-order valence-corrected chi connectivity index (χ1v) is 13.4. The van der Waals surface area contributed by atoms with Gasteiger partial charge in [-0.05, 0) is 56.2 Å². The Balaban J connectivity index is 0.000000158. The summed E-state index contributed by atoms with van der Waals surface area (Å²) < 4.78 is 16.9. The average Bonchev–Trinajstić information content (AvgIpc) is 3.44. The van der Waals surface area contributed by atoms with E-state index in [9.17, 15) is 14.0 Å². The van der Waals surface area contributed by atoms with Crippen LogP contribution in [0.5, 0.6) is 0 Å². The fourth-order valence-electron chi connectivity index (χ4n) is 5.33. The van der Waals surface area contributed by atoms with Crippen LogP contribution >= 0.6 is 0 Å². The van der Waals surface area contributed by atoms with E-state index in [1.165, 1.54) is 10.9 Å². The summed E-state index contributed by atoms with van der Waals surface area (Å²) >= 11 is 0. The van der Waals surface area contributed by atoms with Gasteiger partial charge in [-0.25, -0.2) is 0 Å². The first kappa shape index (κ1) is 26.3.